The standard InChI is InChI=1S/C24H31Cl2N3O4S/c1-16-11-12-19(25)13-21(16)29(34(6,32)33)15-22(30)28(14-18-9-7-8-10-20(18)26)17(2)23(31)27-24(3,4)5/h7-13,17H,14-15H2,1-6H3,(H,27,31)/t17-/m0/s1. The Labute approximate surface area is 212 Å². The molecule has 2 aromatic rings. The van der Waals surface area contributed by atoms with Crippen molar-refractivity contribution in [2.45, 2.75) is 52.7 Å². The highest BCUT2D eigenvalue weighted by atomic mass is 35.5. The molecule has 0 aliphatic heterocycles. The quantitative estimate of drug-likeness (QED) is 0.551. The van der Waals surface area contributed by atoms with Crippen LogP contribution < -0.4 is 9.62 Å². The van der Waals surface area contributed by atoms with E-state index >= 15 is 0 Å². The Morgan fingerprint density at radius 3 is 2.26 bits per heavy atom. The van der Waals surface area contributed by atoms with E-state index in [0.29, 0.717) is 26.9 Å². The number of hydrogen-bond donors (Lipinski definition) is 1. The van der Waals surface area contributed by atoms with Gasteiger partial charge in [-0.25, -0.2) is 8.42 Å². The zero-order valence-electron chi connectivity index (χ0n) is 20.2. The Hall–Kier alpha value is -2.29. The second kappa shape index (κ2) is 11.0. The average molecular weight is 529 g/mol. The first kappa shape index (κ1) is 28.0. The number of hydrogen-bond acceptors (Lipinski definition) is 4. The van der Waals surface area contributed by atoms with E-state index in [9.17, 15) is 18.0 Å². The Morgan fingerprint density at radius 1 is 1.09 bits per heavy atom. The van der Waals surface area contributed by atoms with Gasteiger partial charge < -0.3 is 10.2 Å². The number of carbonyl (C=O) groups excluding carboxylic acids is 2. The van der Waals surface area contributed by atoms with Crippen molar-refractivity contribution >= 4 is 50.7 Å². The van der Waals surface area contributed by atoms with Gasteiger partial charge in [-0.05, 0) is 63.9 Å². The molecule has 7 nitrogen and oxygen atoms in total. The van der Waals surface area contributed by atoms with Gasteiger partial charge in [0.1, 0.15) is 12.6 Å². The summed E-state index contributed by atoms with van der Waals surface area (Å²) in [5, 5.41) is 3.65. The van der Waals surface area contributed by atoms with Crippen LogP contribution in [0.1, 0.15) is 38.8 Å². The minimum absolute atomic E-state index is 0.0311. The Kier molecular flexibility index (Phi) is 9.02. The summed E-state index contributed by atoms with van der Waals surface area (Å²) < 4.78 is 26.3. The molecule has 0 spiro atoms. The first-order chi connectivity index (χ1) is 15.6. The lowest BCUT2D eigenvalue weighted by Crippen LogP contribution is -2.54. The molecule has 0 fully saturated rings. The van der Waals surface area contributed by atoms with Crippen LogP contribution in [0.15, 0.2) is 42.5 Å². The largest absolute Gasteiger partial charge is 0.350 e. The van der Waals surface area contributed by atoms with Crippen LogP contribution in [0.4, 0.5) is 5.69 Å². The van der Waals surface area contributed by atoms with E-state index in [4.69, 9.17) is 23.2 Å². The highest BCUT2D eigenvalue weighted by molar-refractivity contribution is 7.92. The Morgan fingerprint density at radius 2 is 1.71 bits per heavy atom. The predicted octanol–water partition coefficient (Wildman–Crippen LogP) is 4.40. The maximum atomic E-state index is 13.6. The first-order valence-electron chi connectivity index (χ1n) is 10.7. The van der Waals surface area contributed by atoms with Gasteiger partial charge in [0.2, 0.25) is 21.8 Å². The number of sulfonamides is 1. The Bertz CT molecular complexity index is 1160. The lowest BCUT2D eigenvalue weighted by Gasteiger charge is -2.33. The van der Waals surface area contributed by atoms with E-state index in [-0.39, 0.29) is 12.5 Å². The maximum absolute atomic E-state index is 13.6. The second-order valence-corrected chi connectivity index (χ2v) is 12.0. The fraction of sp³-hybridized carbons (Fsp3) is 0.417. The van der Waals surface area contributed by atoms with Crippen LogP contribution in [0, 0.1) is 6.92 Å². The SMILES string of the molecule is Cc1ccc(Cl)cc1N(CC(=O)N(Cc1ccccc1Cl)[C@@H](C)C(=O)NC(C)(C)C)S(C)(=O)=O. The molecule has 0 radical (unpaired) electrons. The summed E-state index contributed by atoms with van der Waals surface area (Å²) in [6.45, 7) is 8.38. The van der Waals surface area contributed by atoms with Gasteiger partial charge in [0.05, 0.1) is 11.9 Å². The number of halogens is 2. The molecule has 10 heteroatoms. The van der Waals surface area contributed by atoms with Gasteiger partial charge in [-0.3, -0.25) is 13.9 Å². The van der Waals surface area contributed by atoms with Crippen LogP contribution in [0.5, 0.6) is 0 Å². The minimum Gasteiger partial charge on any atom is -0.350 e. The van der Waals surface area contributed by atoms with Crippen molar-refractivity contribution in [2.24, 2.45) is 0 Å². The topological polar surface area (TPSA) is 86.8 Å². The zero-order valence-corrected chi connectivity index (χ0v) is 22.6. The van der Waals surface area contributed by atoms with Gasteiger partial charge in [0, 0.05) is 22.1 Å². The summed E-state index contributed by atoms with van der Waals surface area (Å²) >= 11 is 12.4. The molecular formula is C24H31Cl2N3O4S. The van der Waals surface area contributed by atoms with Gasteiger partial charge in [-0.2, -0.15) is 0 Å². The highest BCUT2D eigenvalue weighted by Crippen LogP contribution is 2.27. The van der Waals surface area contributed by atoms with Gasteiger partial charge >= 0.3 is 0 Å². The van der Waals surface area contributed by atoms with Crippen molar-refractivity contribution in [3.63, 3.8) is 0 Å². The number of benzene rings is 2. The molecule has 2 rings (SSSR count). The third-order valence-electron chi connectivity index (χ3n) is 5.08. The summed E-state index contributed by atoms with van der Waals surface area (Å²) in [7, 11) is -3.84. The molecule has 0 saturated heterocycles. The van der Waals surface area contributed by atoms with Gasteiger partial charge in [0.25, 0.3) is 0 Å². The van der Waals surface area contributed by atoms with Crippen molar-refractivity contribution in [1.82, 2.24) is 10.2 Å². The van der Waals surface area contributed by atoms with E-state index in [0.717, 1.165) is 10.6 Å². The number of nitrogens with zero attached hydrogens (tertiary/aromatic N) is 2. The summed E-state index contributed by atoms with van der Waals surface area (Å²) in [6, 6.07) is 10.9. The molecule has 34 heavy (non-hydrogen) atoms. The van der Waals surface area contributed by atoms with Crippen LogP contribution in [0.2, 0.25) is 10.0 Å². The molecule has 2 aromatic carbocycles. The van der Waals surface area contributed by atoms with Crippen LogP contribution in [0.3, 0.4) is 0 Å². The number of nitrogens with one attached hydrogen (secondary N) is 1. The molecule has 0 unspecified atom stereocenters. The lowest BCUT2D eigenvalue weighted by molar-refractivity contribution is -0.140. The van der Waals surface area contributed by atoms with Gasteiger partial charge in [-0.15, -0.1) is 0 Å². The third kappa shape index (κ3) is 7.61. The summed E-state index contributed by atoms with van der Waals surface area (Å²) in [4.78, 5) is 27.8. The van der Waals surface area contributed by atoms with Crippen LogP contribution in [0.25, 0.3) is 0 Å². The van der Waals surface area contributed by atoms with Gasteiger partial charge in [0.15, 0.2) is 0 Å². The van der Waals surface area contributed by atoms with Crippen LogP contribution in [-0.2, 0) is 26.2 Å². The number of aryl methyl sites for hydroxylation is 1. The fourth-order valence-corrected chi connectivity index (χ4v) is 4.57. The van der Waals surface area contributed by atoms with Crippen molar-refractivity contribution < 1.29 is 18.0 Å². The van der Waals surface area contributed by atoms with E-state index in [1.54, 1.807) is 50.2 Å². The van der Waals surface area contributed by atoms with E-state index in [2.05, 4.69) is 5.32 Å². The maximum Gasteiger partial charge on any atom is 0.244 e. The summed E-state index contributed by atoms with van der Waals surface area (Å²) in [5.74, 6) is -0.918. The van der Waals surface area contributed by atoms with E-state index in [1.807, 2.05) is 20.8 Å². The number of carbonyl (C=O) groups is 2. The normalized spacial score (nSPS) is 12.7. The monoisotopic (exact) mass is 527 g/mol. The van der Waals surface area contributed by atoms with E-state index < -0.39 is 34.1 Å². The molecule has 1 N–H and O–H groups in total. The van der Waals surface area contributed by atoms with Gasteiger partial charge in [-0.1, -0.05) is 47.5 Å². The molecule has 0 aromatic heterocycles. The fourth-order valence-electron chi connectivity index (χ4n) is 3.31. The molecular weight excluding hydrogens is 497 g/mol. The second-order valence-electron chi connectivity index (χ2n) is 9.23. The van der Waals surface area contributed by atoms with Crippen molar-refractivity contribution in [2.75, 3.05) is 17.1 Å². The zero-order chi connectivity index (χ0) is 25.8. The first-order valence-corrected chi connectivity index (χ1v) is 13.3. The smallest absolute Gasteiger partial charge is 0.244 e. The van der Waals surface area contributed by atoms with Crippen molar-refractivity contribution in [1.29, 1.82) is 0 Å². The van der Waals surface area contributed by atoms with E-state index in [1.165, 1.54) is 11.0 Å². The predicted molar refractivity (Wildman–Crippen MR) is 138 cm³/mol. The number of anilines is 1. The molecule has 2 amide bonds. The lowest BCUT2D eigenvalue weighted by atomic mass is 10.1. The minimum atomic E-state index is -3.84. The summed E-state index contributed by atoms with van der Waals surface area (Å²) in [6.07, 6.45) is 1.02. The molecule has 0 aliphatic carbocycles. The summed E-state index contributed by atoms with van der Waals surface area (Å²) in [5.41, 5.74) is 1.06. The molecule has 0 aliphatic rings. The molecule has 0 heterocycles. The van der Waals surface area contributed by atoms with Crippen LogP contribution in [-0.4, -0.2) is 49.5 Å². The van der Waals surface area contributed by atoms with Crippen molar-refractivity contribution in [3.8, 4) is 0 Å². The number of rotatable bonds is 8. The number of amides is 2. The Balaban J connectivity index is 2.47. The third-order valence-corrected chi connectivity index (χ3v) is 6.81. The molecule has 1 atom stereocenters. The molecule has 186 valence electrons. The highest BCUT2D eigenvalue weighted by Gasteiger charge is 2.32. The molecule has 0 saturated carbocycles. The van der Waals surface area contributed by atoms with Crippen molar-refractivity contribution in [3.05, 3.63) is 63.6 Å². The molecule has 0 bridgehead atoms. The van der Waals surface area contributed by atoms with Crippen LogP contribution >= 0.6 is 23.2 Å². The average Bonchev–Trinajstić information content (AvgIpc) is 2.70.